The van der Waals surface area contributed by atoms with Gasteiger partial charge >= 0.3 is 0 Å². The fourth-order valence-electron chi connectivity index (χ4n) is 3.07. The highest BCUT2D eigenvalue weighted by atomic mass is 35.5. The van der Waals surface area contributed by atoms with Crippen LogP contribution in [0.3, 0.4) is 0 Å². The summed E-state index contributed by atoms with van der Waals surface area (Å²) in [6, 6.07) is 11.4. The predicted molar refractivity (Wildman–Crippen MR) is 95.6 cm³/mol. The summed E-state index contributed by atoms with van der Waals surface area (Å²) >= 11 is 6.23. The van der Waals surface area contributed by atoms with Crippen molar-refractivity contribution in [3.05, 3.63) is 65.1 Å². The molecule has 0 N–H and O–H groups in total. The second kappa shape index (κ2) is 6.82. The summed E-state index contributed by atoms with van der Waals surface area (Å²) in [5.41, 5.74) is 2.25. The molecule has 1 aliphatic heterocycles. The minimum absolute atomic E-state index is 0.0390. The molecular weight excluding hydrogens is 338 g/mol. The molecule has 2 aromatic heterocycles. The minimum Gasteiger partial charge on any atom is -0.335 e. The summed E-state index contributed by atoms with van der Waals surface area (Å²) in [6.45, 7) is 3.82. The van der Waals surface area contributed by atoms with Crippen molar-refractivity contribution in [1.82, 2.24) is 24.4 Å². The van der Waals surface area contributed by atoms with Crippen LogP contribution in [0.5, 0.6) is 0 Å². The van der Waals surface area contributed by atoms with E-state index in [2.05, 4.69) is 15.0 Å². The topological polar surface area (TPSA) is 53.7 Å². The van der Waals surface area contributed by atoms with Crippen molar-refractivity contribution in [3.8, 4) is 0 Å². The Bertz CT molecular complexity index is 868. The lowest BCUT2D eigenvalue weighted by Gasteiger charge is -2.34. The highest BCUT2D eigenvalue weighted by Crippen LogP contribution is 2.18. The number of fused-ring (bicyclic) bond motifs is 1. The van der Waals surface area contributed by atoms with E-state index in [-0.39, 0.29) is 5.91 Å². The Kier molecular flexibility index (Phi) is 4.38. The van der Waals surface area contributed by atoms with Crippen LogP contribution in [0.4, 0.5) is 0 Å². The summed E-state index contributed by atoms with van der Waals surface area (Å²) in [7, 11) is 0. The van der Waals surface area contributed by atoms with E-state index in [4.69, 9.17) is 11.6 Å². The van der Waals surface area contributed by atoms with Crippen molar-refractivity contribution in [3.63, 3.8) is 0 Å². The lowest BCUT2D eigenvalue weighted by Crippen LogP contribution is -2.48. The molecule has 1 aromatic carbocycles. The number of benzene rings is 1. The van der Waals surface area contributed by atoms with Gasteiger partial charge in [-0.1, -0.05) is 29.8 Å². The molecule has 6 nitrogen and oxygen atoms in total. The second-order valence-electron chi connectivity index (χ2n) is 6.11. The standard InChI is InChI=1S/C18H18ClN5O/c19-15-5-2-1-4-14(15)13-22-8-10-23(11-9-22)18(25)16-12-17-20-6-3-7-24(17)21-16/h1-7,12H,8-11,13H2. The third-order valence-corrected chi connectivity index (χ3v) is 4.84. The molecule has 4 rings (SSSR count). The van der Waals surface area contributed by atoms with Gasteiger partial charge in [-0.15, -0.1) is 0 Å². The highest BCUT2D eigenvalue weighted by molar-refractivity contribution is 6.31. The molecule has 1 fully saturated rings. The van der Waals surface area contributed by atoms with Crippen molar-refractivity contribution in [2.45, 2.75) is 6.54 Å². The van der Waals surface area contributed by atoms with Crippen LogP contribution in [0.25, 0.3) is 5.65 Å². The summed E-state index contributed by atoms with van der Waals surface area (Å²) in [4.78, 5) is 21.0. The van der Waals surface area contributed by atoms with E-state index in [0.717, 1.165) is 30.2 Å². The van der Waals surface area contributed by atoms with Gasteiger partial charge in [0, 0.05) is 56.2 Å². The smallest absolute Gasteiger partial charge is 0.274 e. The number of carbonyl (C=O) groups excluding carboxylic acids is 1. The Hall–Kier alpha value is -2.44. The molecule has 7 heteroatoms. The zero-order chi connectivity index (χ0) is 17.2. The number of hydrogen-bond donors (Lipinski definition) is 0. The van der Waals surface area contributed by atoms with E-state index in [9.17, 15) is 4.79 Å². The first-order chi connectivity index (χ1) is 12.2. The van der Waals surface area contributed by atoms with Crippen molar-refractivity contribution in [2.75, 3.05) is 26.2 Å². The fourth-order valence-corrected chi connectivity index (χ4v) is 3.27. The lowest BCUT2D eigenvalue weighted by molar-refractivity contribution is 0.0622. The van der Waals surface area contributed by atoms with E-state index in [1.54, 1.807) is 29.0 Å². The molecule has 0 unspecified atom stereocenters. The molecule has 0 spiro atoms. The van der Waals surface area contributed by atoms with Crippen LogP contribution in [0.1, 0.15) is 16.1 Å². The number of amides is 1. The Morgan fingerprint density at radius 2 is 1.92 bits per heavy atom. The van der Waals surface area contributed by atoms with Crippen molar-refractivity contribution >= 4 is 23.2 Å². The van der Waals surface area contributed by atoms with E-state index in [0.29, 0.717) is 24.4 Å². The molecule has 25 heavy (non-hydrogen) atoms. The van der Waals surface area contributed by atoms with Gasteiger partial charge in [-0.05, 0) is 17.7 Å². The predicted octanol–water partition coefficient (Wildman–Crippen LogP) is 2.34. The third kappa shape index (κ3) is 3.36. The quantitative estimate of drug-likeness (QED) is 0.723. The molecular formula is C18H18ClN5O. The SMILES string of the molecule is O=C(c1cc2ncccn2n1)N1CCN(Cc2ccccc2Cl)CC1. The number of nitrogens with zero attached hydrogens (tertiary/aromatic N) is 5. The van der Waals surface area contributed by atoms with E-state index >= 15 is 0 Å². The zero-order valence-corrected chi connectivity index (χ0v) is 14.4. The van der Waals surface area contributed by atoms with Crippen LogP contribution in [0.2, 0.25) is 5.02 Å². The van der Waals surface area contributed by atoms with E-state index in [1.165, 1.54) is 0 Å². The molecule has 1 amide bonds. The largest absolute Gasteiger partial charge is 0.335 e. The van der Waals surface area contributed by atoms with E-state index < -0.39 is 0 Å². The molecule has 0 atom stereocenters. The second-order valence-corrected chi connectivity index (χ2v) is 6.52. The van der Waals surface area contributed by atoms with Crippen molar-refractivity contribution < 1.29 is 4.79 Å². The minimum atomic E-state index is -0.0390. The summed E-state index contributed by atoms with van der Waals surface area (Å²) in [5.74, 6) is -0.0390. The van der Waals surface area contributed by atoms with E-state index in [1.807, 2.05) is 29.2 Å². The monoisotopic (exact) mass is 355 g/mol. The average Bonchev–Trinajstić information content (AvgIpc) is 3.08. The zero-order valence-electron chi connectivity index (χ0n) is 13.7. The number of rotatable bonds is 3. The fraction of sp³-hybridized carbons (Fsp3) is 0.278. The summed E-state index contributed by atoms with van der Waals surface area (Å²) in [5, 5.41) is 5.11. The number of piperazine rings is 1. The van der Waals surface area contributed by atoms with Gasteiger partial charge in [0.1, 0.15) is 0 Å². The molecule has 0 saturated carbocycles. The van der Waals surface area contributed by atoms with Gasteiger partial charge in [0.2, 0.25) is 0 Å². The normalized spacial score (nSPS) is 15.6. The molecule has 0 radical (unpaired) electrons. The first kappa shape index (κ1) is 16.1. The Morgan fingerprint density at radius 1 is 1.12 bits per heavy atom. The molecule has 0 bridgehead atoms. The maximum atomic E-state index is 12.7. The first-order valence-corrected chi connectivity index (χ1v) is 8.64. The molecule has 0 aliphatic carbocycles. The first-order valence-electron chi connectivity index (χ1n) is 8.26. The van der Waals surface area contributed by atoms with Gasteiger partial charge in [0.15, 0.2) is 11.3 Å². The number of halogens is 1. The van der Waals surface area contributed by atoms with Gasteiger partial charge in [-0.2, -0.15) is 5.10 Å². The lowest BCUT2D eigenvalue weighted by atomic mass is 10.2. The number of aromatic nitrogens is 3. The summed E-state index contributed by atoms with van der Waals surface area (Å²) in [6.07, 6.45) is 3.49. The molecule has 1 saturated heterocycles. The maximum absolute atomic E-state index is 12.7. The van der Waals surface area contributed by atoms with Crippen molar-refractivity contribution in [1.29, 1.82) is 0 Å². The van der Waals surface area contributed by atoms with Crippen LogP contribution >= 0.6 is 11.6 Å². The number of hydrogen-bond acceptors (Lipinski definition) is 4. The average molecular weight is 356 g/mol. The van der Waals surface area contributed by atoms with Crippen LogP contribution < -0.4 is 0 Å². The molecule has 3 heterocycles. The van der Waals surface area contributed by atoms with Gasteiger partial charge in [0.05, 0.1) is 0 Å². The van der Waals surface area contributed by atoms with Crippen LogP contribution in [0.15, 0.2) is 48.8 Å². The Labute approximate surface area is 150 Å². The summed E-state index contributed by atoms with van der Waals surface area (Å²) < 4.78 is 1.63. The van der Waals surface area contributed by atoms with Gasteiger partial charge in [0.25, 0.3) is 5.91 Å². The Morgan fingerprint density at radius 3 is 2.68 bits per heavy atom. The molecule has 128 valence electrons. The Balaban J connectivity index is 1.39. The number of carbonyl (C=O) groups is 1. The van der Waals surface area contributed by atoms with Crippen LogP contribution in [-0.4, -0.2) is 56.5 Å². The van der Waals surface area contributed by atoms with Crippen LogP contribution in [-0.2, 0) is 6.54 Å². The van der Waals surface area contributed by atoms with Gasteiger partial charge in [-0.3, -0.25) is 9.69 Å². The molecule has 3 aromatic rings. The van der Waals surface area contributed by atoms with Gasteiger partial charge < -0.3 is 4.90 Å². The van der Waals surface area contributed by atoms with Gasteiger partial charge in [-0.25, -0.2) is 9.50 Å². The third-order valence-electron chi connectivity index (χ3n) is 4.47. The van der Waals surface area contributed by atoms with Crippen molar-refractivity contribution in [2.24, 2.45) is 0 Å². The van der Waals surface area contributed by atoms with Crippen LogP contribution in [0, 0.1) is 0 Å². The highest BCUT2D eigenvalue weighted by Gasteiger charge is 2.24. The molecule has 1 aliphatic rings. The maximum Gasteiger partial charge on any atom is 0.274 e.